The molecule has 0 atom stereocenters. The van der Waals surface area contributed by atoms with Gasteiger partial charge in [0.1, 0.15) is 12.4 Å². The van der Waals surface area contributed by atoms with Gasteiger partial charge in [0.15, 0.2) is 5.96 Å². The Hall–Kier alpha value is -1.92. The highest BCUT2D eigenvalue weighted by atomic mass is 127. The molecule has 1 saturated heterocycles. The number of aliphatic imine (C=N–C) groups is 1. The number of hydrogen-bond acceptors (Lipinski definition) is 5. The van der Waals surface area contributed by atoms with E-state index in [4.69, 9.17) is 4.74 Å². The molecule has 2 aromatic rings. The molecule has 10 heteroatoms. The number of imidazole rings is 1. The smallest absolute Gasteiger partial charge is 0.243 e. The Morgan fingerprint density at radius 3 is 2.62 bits per heavy atom. The second-order valence-corrected chi connectivity index (χ2v) is 7.91. The second kappa shape index (κ2) is 13.6. The van der Waals surface area contributed by atoms with Crippen LogP contribution in [0, 0.1) is 6.92 Å². The van der Waals surface area contributed by atoms with Crippen LogP contribution in [0.25, 0.3) is 11.0 Å². The summed E-state index contributed by atoms with van der Waals surface area (Å²) in [5.41, 5.74) is 2.19. The molecule has 1 aliphatic rings. The van der Waals surface area contributed by atoms with Crippen LogP contribution in [0.15, 0.2) is 29.3 Å². The molecule has 0 spiro atoms. The lowest BCUT2D eigenvalue weighted by molar-refractivity contribution is -0.127. The van der Waals surface area contributed by atoms with Crippen LogP contribution in [-0.2, 0) is 16.1 Å². The lowest BCUT2D eigenvalue weighted by atomic mass is 10.3. The van der Waals surface area contributed by atoms with Crippen LogP contribution in [0.4, 0.5) is 0 Å². The van der Waals surface area contributed by atoms with Crippen molar-refractivity contribution in [1.29, 1.82) is 0 Å². The number of carbonyl (C=O) groups excluding carboxylic acids is 1. The third-order valence-corrected chi connectivity index (χ3v) is 5.39. The van der Waals surface area contributed by atoms with Crippen molar-refractivity contribution < 1.29 is 9.53 Å². The molecule has 0 unspecified atom stereocenters. The third-order valence-electron chi connectivity index (χ3n) is 5.39. The molecule has 178 valence electrons. The van der Waals surface area contributed by atoms with Gasteiger partial charge < -0.3 is 24.8 Å². The molecule has 2 N–H and O–H groups in total. The largest absolute Gasteiger partial charge is 0.379 e. The van der Waals surface area contributed by atoms with Crippen molar-refractivity contribution >= 4 is 46.9 Å². The minimum atomic E-state index is -0.0187. The molecular weight excluding hydrogens is 521 g/mol. The number of nitrogens with zero attached hydrogens (tertiary/aromatic N) is 5. The standard InChI is InChI=1S/C22H35N7O2.HI/c1-18-26-19-7-4-5-8-20(19)29(18)11-6-9-23-22(25-17-21(30)27(2)3)24-10-12-28-13-15-31-16-14-28;/h4-5,7-8H,6,9-17H2,1-3H3,(H2,23,24,25);1H. The summed E-state index contributed by atoms with van der Waals surface area (Å²) in [6, 6.07) is 8.21. The zero-order valence-corrected chi connectivity index (χ0v) is 21.7. The number of aromatic nitrogens is 2. The van der Waals surface area contributed by atoms with E-state index in [1.165, 1.54) is 0 Å². The van der Waals surface area contributed by atoms with Gasteiger partial charge in [0, 0.05) is 53.4 Å². The maximum Gasteiger partial charge on any atom is 0.243 e. The number of likely N-dealkylation sites (N-methyl/N-ethyl adjacent to an activating group) is 1. The van der Waals surface area contributed by atoms with Gasteiger partial charge in [-0.3, -0.25) is 9.69 Å². The highest BCUT2D eigenvalue weighted by molar-refractivity contribution is 14.0. The Morgan fingerprint density at radius 1 is 1.16 bits per heavy atom. The van der Waals surface area contributed by atoms with Crippen molar-refractivity contribution in [1.82, 2.24) is 30.0 Å². The first-order valence-corrected chi connectivity index (χ1v) is 11.0. The fraction of sp³-hybridized carbons (Fsp3) is 0.591. The lowest BCUT2D eigenvalue weighted by Crippen LogP contribution is -2.45. The topological polar surface area (TPSA) is 87.0 Å². The molecule has 0 bridgehead atoms. The molecule has 32 heavy (non-hydrogen) atoms. The summed E-state index contributed by atoms with van der Waals surface area (Å²) in [5, 5.41) is 6.74. The first-order valence-electron chi connectivity index (χ1n) is 11.0. The van der Waals surface area contributed by atoms with E-state index in [1.807, 2.05) is 25.1 Å². The van der Waals surface area contributed by atoms with Crippen LogP contribution >= 0.6 is 24.0 Å². The predicted octanol–water partition coefficient (Wildman–Crippen LogP) is 1.31. The van der Waals surface area contributed by atoms with Crippen molar-refractivity contribution in [3.05, 3.63) is 30.1 Å². The number of rotatable bonds is 9. The summed E-state index contributed by atoms with van der Waals surface area (Å²) in [4.78, 5) is 25.0. The lowest BCUT2D eigenvalue weighted by Gasteiger charge is -2.26. The number of hydrogen-bond donors (Lipinski definition) is 2. The number of morpholine rings is 1. The first kappa shape index (κ1) is 26.3. The molecule has 1 fully saturated rings. The van der Waals surface area contributed by atoms with Gasteiger partial charge in [0.2, 0.25) is 5.91 Å². The van der Waals surface area contributed by atoms with Gasteiger partial charge in [-0.2, -0.15) is 0 Å². The molecule has 0 aliphatic carbocycles. The van der Waals surface area contributed by atoms with Crippen molar-refractivity contribution in [3.8, 4) is 0 Å². The molecule has 9 nitrogen and oxygen atoms in total. The summed E-state index contributed by atoms with van der Waals surface area (Å²) < 4.78 is 7.64. The number of guanidine groups is 1. The van der Waals surface area contributed by atoms with Crippen LogP contribution in [0.2, 0.25) is 0 Å². The molecule has 2 heterocycles. The Morgan fingerprint density at radius 2 is 1.88 bits per heavy atom. The van der Waals surface area contributed by atoms with Crippen LogP contribution < -0.4 is 10.6 Å². The number of para-hydroxylation sites is 2. The predicted molar refractivity (Wildman–Crippen MR) is 139 cm³/mol. The zero-order chi connectivity index (χ0) is 22.1. The van der Waals surface area contributed by atoms with E-state index >= 15 is 0 Å². The number of amides is 1. The number of halogens is 1. The average Bonchev–Trinajstić information content (AvgIpc) is 3.09. The van der Waals surface area contributed by atoms with Crippen molar-refractivity contribution in [2.75, 3.05) is 66.6 Å². The fourth-order valence-electron chi connectivity index (χ4n) is 3.54. The Kier molecular flexibility index (Phi) is 11.2. The molecule has 3 rings (SSSR count). The fourth-order valence-corrected chi connectivity index (χ4v) is 3.54. The summed E-state index contributed by atoms with van der Waals surface area (Å²) >= 11 is 0. The van der Waals surface area contributed by atoms with Gasteiger partial charge in [0.05, 0.1) is 24.2 Å². The molecule has 0 radical (unpaired) electrons. The van der Waals surface area contributed by atoms with Gasteiger partial charge in [-0.15, -0.1) is 24.0 Å². The van der Waals surface area contributed by atoms with E-state index in [0.717, 1.165) is 75.8 Å². The zero-order valence-electron chi connectivity index (χ0n) is 19.3. The summed E-state index contributed by atoms with van der Waals surface area (Å²) in [5.74, 6) is 1.68. The van der Waals surface area contributed by atoms with Gasteiger partial charge in [-0.05, 0) is 25.5 Å². The van der Waals surface area contributed by atoms with Gasteiger partial charge in [-0.1, -0.05) is 12.1 Å². The molecule has 1 amide bonds. The average molecular weight is 557 g/mol. The molecule has 1 aliphatic heterocycles. The number of fused-ring (bicyclic) bond motifs is 1. The molecule has 0 saturated carbocycles. The van der Waals surface area contributed by atoms with Gasteiger partial charge in [-0.25, -0.2) is 9.98 Å². The maximum atomic E-state index is 11.9. The third kappa shape index (κ3) is 7.89. The first-order chi connectivity index (χ1) is 15.0. The molecule has 1 aromatic carbocycles. The van der Waals surface area contributed by atoms with E-state index in [0.29, 0.717) is 5.96 Å². The number of nitrogens with one attached hydrogen (secondary N) is 2. The molecule has 1 aromatic heterocycles. The van der Waals surface area contributed by atoms with Crippen molar-refractivity contribution in [3.63, 3.8) is 0 Å². The number of aryl methyl sites for hydroxylation is 2. The number of carbonyl (C=O) groups is 1. The van der Waals surface area contributed by atoms with Crippen LogP contribution in [0.5, 0.6) is 0 Å². The van der Waals surface area contributed by atoms with Crippen LogP contribution in [0.1, 0.15) is 12.2 Å². The van der Waals surface area contributed by atoms with E-state index in [9.17, 15) is 4.79 Å². The molecular formula is C22H36IN7O2. The summed E-state index contributed by atoms with van der Waals surface area (Å²) in [6.07, 6.45) is 0.924. The summed E-state index contributed by atoms with van der Waals surface area (Å²) in [6.45, 7) is 8.99. The number of benzene rings is 1. The van der Waals surface area contributed by atoms with E-state index in [-0.39, 0.29) is 36.4 Å². The summed E-state index contributed by atoms with van der Waals surface area (Å²) in [7, 11) is 3.49. The quantitative estimate of drug-likeness (QED) is 0.209. The number of ether oxygens (including phenoxy) is 1. The van der Waals surface area contributed by atoms with Gasteiger partial charge in [0.25, 0.3) is 0 Å². The van der Waals surface area contributed by atoms with Crippen LogP contribution in [0.3, 0.4) is 0 Å². The van der Waals surface area contributed by atoms with Crippen molar-refractivity contribution in [2.24, 2.45) is 4.99 Å². The van der Waals surface area contributed by atoms with E-state index < -0.39 is 0 Å². The Bertz CT molecular complexity index is 878. The maximum absolute atomic E-state index is 11.9. The van der Waals surface area contributed by atoms with Crippen LogP contribution in [-0.4, -0.2) is 97.8 Å². The van der Waals surface area contributed by atoms with E-state index in [2.05, 4.69) is 36.1 Å². The monoisotopic (exact) mass is 557 g/mol. The van der Waals surface area contributed by atoms with E-state index in [1.54, 1.807) is 19.0 Å². The highest BCUT2D eigenvalue weighted by Crippen LogP contribution is 2.15. The highest BCUT2D eigenvalue weighted by Gasteiger charge is 2.11. The van der Waals surface area contributed by atoms with Gasteiger partial charge >= 0.3 is 0 Å². The Balaban J connectivity index is 0.00000363. The Labute approximate surface area is 207 Å². The van der Waals surface area contributed by atoms with Crippen molar-refractivity contribution in [2.45, 2.75) is 19.9 Å². The second-order valence-electron chi connectivity index (χ2n) is 7.91. The SMILES string of the molecule is Cc1nc2ccccc2n1CCCNC(=NCC(=O)N(C)C)NCCN1CCOCC1.I. The minimum absolute atomic E-state index is 0. The normalized spacial score (nSPS) is 14.8. The minimum Gasteiger partial charge on any atom is -0.379 e.